The molecule has 9 heteroatoms. The number of aromatic carboxylic acids is 2. The van der Waals surface area contributed by atoms with Gasteiger partial charge in [0, 0.05) is 0 Å². The van der Waals surface area contributed by atoms with Crippen LogP contribution in [0.15, 0.2) is 114 Å². The van der Waals surface area contributed by atoms with Crippen LogP contribution in [0.4, 0.5) is 0 Å². The van der Waals surface area contributed by atoms with Crippen LogP contribution in [0.2, 0.25) is 0 Å². The Balaban J connectivity index is 0.000000223. The maximum Gasteiger partial charge on any atom is 0.335 e. The van der Waals surface area contributed by atoms with Crippen molar-refractivity contribution in [1.29, 1.82) is 0 Å². The lowest BCUT2D eigenvalue weighted by Gasteiger charge is -2.18. The summed E-state index contributed by atoms with van der Waals surface area (Å²) >= 11 is 0. The molecule has 0 bridgehead atoms. The molecular weight excluding hydrogens is 523 g/mol. The minimum Gasteiger partial charge on any atom is -0.478 e. The average molecular weight is 551 g/mol. The van der Waals surface area contributed by atoms with E-state index < -0.39 is 38.1 Å². The number of rotatable bonds is 9. The monoisotopic (exact) mass is 550 g/mol. The first-order valence-corrected chi connectivity index (χ1v) is 14.9. The van der Waals surface area contributed by atoms with Crippen LogP contribution in [0.25, 0.3) is 0 Å². The molecule has 0 aliphatic rings. The van der Waals surface area contributed by atoms with Crippen LogP contribution in [-0.4, -0.2) is 35.1 Å². The normalized spacial score (nSPS) is 10.9. The Morgan fingerprint density at radius 2 is 0.895 bits per heavy atom. The van der Waals surface area contributed by atoms with Crippen LogP contribution in [-0.2, 0) is 28.6 Å². The molecule has 4 aromatic carbocycles. The summed E-state index contributed by atoms with van der Waals surface area (Å²) in [6.07, 6.45) is 3.58. The van der Waals surface area contributed by atoms with Gasteiger partial charge in [0.2, 0.25) is 0 Å². The molecule has 0 atom stereocenters. The van der Waals surface area contributed by atoms with E-state index in [-0.39, 0.29) is 7.92 Å². The van der Waals surface area contributed by atoms with E-state index in [4.69, 9.17) is 14.8 Å². The van der Waals surface area contributed by atoms with Gasteiger partial charge in [0.15, 0.2) is 0 Å². The third-order valence-corrected chi connectivity index (χ3v) is 8.71. The van der Waals surface area contributed by atoms with Crippen LogP contribution in [0.1, 0.15) is 37.4 Å². The number of carboxylic acid groups (broad SMARTS) is 2. The topological polar surface area (TPSA) is 129 Å². The van der Waals surface area contributed by atoms with Crippen LogP contribution in [0.5, 0.6) is 0 Å². The van der Waals surface area contributed by atoms with E-state index in [0.717, 1.165) is 6.07 Å². The van der Waals surface area contributed by atoms with E-state index in [9.17, 15) is 18.0 Å². The molecule has 4 rings (SSSR count). The highest BCUT2D eigenvalue weighted by Gasteiger charge is 2.17. The minimum absolute atomic E-state index is 0.0895. The lowest BCUT2D eigenvalue weighted by atomic mass is 10.1. The number of hydrogen-bond donors (Lipinski definition) is 3. The molecule has 4 aromatic rings. The fourth-order valence-corrected chi connectivity index (χ4v) is 6.76. The molecule has 0 aromatic heterocycles. The van der Waals surface area contributed by atoms with E-state index in [1.807, 2.05) is 0 Å². The summed E-state index contributed by atoms with van der Waals surface area (Å²) in [4.78, 5) is 20.4. The van der Waals surface area contributed by atoms with Gasteiger partial charge < -0.3 is 10.2 Å². The quantitative estimate of drug-likeness (QED) is 0.162. The maximum atomic E-state index is 10.8. The first-order chi connectivity index (χ1) is 18.1. The van der Waals surface area contributed by atoms with Crippen molar-refractivity contribution in [3.05, 3.63) is 137 Å². The molecule has 0 aliphatic carbocycles. The summed E-state index contributed by atoms with van der Waals surface area (Å²) in [5.41, 5.74) is 3.31. The van der Waals surface area contributed by atoms with Crippen molar-refractivity contribution < 1.29 is 32.8 Å². The lowest BCUT2D eigenvalue weighted by molar-refractivity contribution is 0.0696. The molecule has 0 saturated carbocycles. The van der Waals surface area contributed by atoms with E-state index in [1.165, 1.54) is 35.2 Å². The molecule has 0 unspecified atom stereocenters. The van der Waals surface area contributed by atoms with Crippen molar-refractivity contribution in [1.82, 2.24) is 0 Å². The van der Waals surface area contributed by atoms with Gasteiger partial charge in [-0.15, -0.1) is 0 Å². The van der Waals surface area contributed by atoms with Gasteiger partial charge in [0.25, 0.3) is 10.1 Å². The zero-order chi connectivity index (χ0) is 27.5. The van der Waals surface area contributed by atoms with Gasteiger partial charge in [0.05, 0.1) is 16.0 Å². The third kappa shape index (κ3) is 9.23. The summed E-state index contributed by atoms with van der Waals surface area (Å²) in [5.74, 6) is -2.99. The Labute approximate surface area is 222 Å². The van der Waals surface area contributed by atoms with Gasteiger partial charge in [0.1, 0.15) is 0 Å². The Morgan fingerprint density at radius 3 is 1.16 bits per heavy atom. The van der Waals surface area contributed by atoms with Crippen LogP contribution in [0, 0.1) is 0 Å². The van der Waals surface area contributed by atoms with E-state index in [0.29, 0.717) is 12.1 Å². The van der Waals surface area contributed by atoms with Crippen molar-refractivity contribution in [3.63, 3.8) is 0 Å². The van der Waals surface area contributed by atoms with Crippen molar-refractivity contribution in [3.8, 4) is 0 Å². The summed E-state index contributed by atoms with van der Waals surface area (Å²) in [6.45, 7) is 0. The van der Waals surface area contributed by atoms with Gasteiger partial charge in [-0.25, -0.2) is 9.59 Å². The average Bonchev–Trinajstić information content (AvgIpc) is 2.90. The number of benzene rings is 4. The van der Waals surface area contributed by atoms with Crippen molar-refractivity contribution in [2.45, 2.75) is 23.4 Å². The zero-order valence-electron chi connectivity index (χ0n) is 20.3. The molecular formula is C29H27O7PS. The SMILES string of the molecule is O=C(O)c1cc(C(=O)O)cc(S(=O)(=O)O)c1.c1ccc(CP(Cc2ccccc2)Cc2ccccc2)cc1. The summed E-state index contributed by atoms with van der Waals surface area (Å²) in [5, 5.41) is 17.2. The van der Waals surface area contributed by atoms with Crippen LogP contribution in [0.3, 0.4) is 0 Å². The number of carbonyl (C=O) groups is 2. The number of carboxylic acids is 2. The molecule has 196 valence electrons. The third-order valence-electron chi connectivity index (χ3n) is 5.45. The molecule has 0 amide bonds. The van der Waals surface area contributed by atoms with E-state index >= 15 is 0 Å². The van der Waals surface area contributed by atoms with Crippen LogP contribution >= 0.6 is 7.92 Å². The van der Waals surface area contributed by atoms with Crippen molar-refractivity contribution >= 4 is 30.0 Å². The Hall–Kier alpha value is -3.84. The predicted molar refractivity (Wildman–Crippen MR) is 148 cm³/mol. The van der Waals surface area contributed by atoms with Crippen molar-refractivity contribution in [2.75, 3.05) is 0 Å². The second-order valence-corrected chi connectivity index (χ2v) is 12.1. The summed E-state index contributed by atoms with van der Waals surface area (Å²) < 4.78 is 30.2. The summed E-state index contributed by atoms with van der Waals surface area (Å²) in [6, 6.07) is 34.8. The largest absolute Gasteiger partial charge is 0.478 e. The van der Waals surface area contributed by atoms with Crippen molar-refractivity contribution in [2.24, 2.45) is 0 Å². The fraction of sp³-hybridized carbons (Fsp3) is 0.103. The first-order valence-electron chi connectivity index (χ1n) is 11.5. The molecule has 0 saturated heterocycles. The summed E-state index contributed by atoms with van der Waals surface area (Å²) in [7, 11) is -4.73. The highest BCUT2D eigenvalue weighted by molar-refractivity contribution is 7.85. The van der Waals surface area contributed by atoms with E-state index in [1.54, 1.807) is 0 Å². The highest BCUT2D eigenvalue weighted by atomic mass is 32.2. The lowest BCUT2D eigenvalue weighted by Crippen LogP contribution is -2.07. The maximum absolute atomic E-state index is 10.8. The van der Waals surface area contributed by atoms with Gasteiger partial charge in [-0.2, -0.15) is 8.42 Å². The smallest absolute Gasteiger partial charge is 0.335 e. The molecule has 38 heavy (non-hydrogen) atoms. The molecule has 0 radical (unpaired) electrons. The Kier molecular flexibility index (Phi) is 10.3. The molecule has 0 aliphatic heterocycles. The molecule has 0 fully saturated rings. The predicted octanol–water partition coefficient (Wildman–Crippen LogP) is 6.40. The van der Waals surface area contributed by atoms with Crippen LogP contribution < -0.4 is 0 Å². The van der Waals surface area contributed by atoms with E-state index in [2.05, 4.69) is 91.0 Å². The Bertz CT molecular complexity index is 1330. The van der Waals surface area contributed by atoms with Gasteiger partial charge in [-0.1, -0.05) is 98.9 Å². The standard InChI is InChI=1S/C21H21P.C8H6O7S/c1-4-10-19(11-5-1)16-22(17-20-12-6-2-7-13-20)18-21-14-8-3-9-15-21;9-7(10)4-1-5(8(11)12)3-6(2-4)16(13,14)15/h1-15H,16-18H2;1-3H,(H,9,10)(H,11,12)(H,13,14,15). The first kappa shape index (κ1) is 28.7. The fourth-order valence-electron chi connectivity index (χ4n) is 3.69. The molecule has 7 nitrogen and oxygen atoms in total. The van der Waals surface area contributed by atoms with Gasteiger partial charge in [-0.05, 0) is 53.4 Å². The second kappa shape index (κ2) is 13.6. The van der Waals surface area contributed by atoms with Gasteiger partial charge in [-0.3, -0.25) is 4.55 Å². The highest BCUT2D eigenvalue weighted by Crippen LogP contribution is 2.46. The number of hydrogen-bond acceptors (Lipinski definition) is 4. The van der Waals surface area contributed by atoms with Gasteiger partial charge >= 0.3 is 11.9 Å². The second-order valence-electron chi connectivity index (χ2n) is 8.43. The molecule has 0 spiro atoms. The molecule has 0 heterocycles. The zero-order valence-corrected chi connectivity index (χ0v) is 22.1. The molecule has 3 N–H and O–H groups in total. The minimum atomic E-state index is -4.64. The Morgan fingerprint density at radius 1 is 0.579 bits per heavy atom.